The van der Waals surface area contributed by atoms with Crippen molar-refractivity contribution in [3.63, 3.8) is 0 Å². The van der Waals surface area contributed by atoms with Gasteiger partial charge in [-0.1, -0.05) is 111 Å². The Morgan fingerprint density at radius 1 is 0.600 bits per heavy atom. The van der Waals surface area contributed by atoms with Gasteiger partial charge in [-0.25, -0.2) is 0 Å². The van der Waals surface area contributed by atoms with E-state index in [1.165, 1.54) is 25.7 Å². The highest BCUT2D eigenvalue weighted by molar-refractivity contribution is 5.98. The highest BCUT2D eigenvalue weighted by atomic mass is 16.4. The lowest BCUT2D eigenvalue weighted by Crippen LogP contribution is -2.40. The van der Waals surface area contributed by atoms with E-state index in [0.29, 0.717) is 38.5 Å². The third-order valence-corrected chi connectivity index (χ3v) is 8.40. The zero-order valence-electron chi connectivity index (χ0n) is 25.7. The van der Waals surface area contributed by atoms with Crippen molar-refractivity contribution in [2.75, 3.05) is 0 Å². The van der Waals surface area contributed by atoms with Crippen LogP contribution in [0.25, 0.3) is 0 Å². The standard InChI is InChI=1S/C24H46O4.C8H12O4/c1-20(2)14-9-5-7-11-17-24(23(27)28,19-13-16-22(25)26)18-12-8-6-10-15-21(3)4;9-6(10)8(7(11)12)4-2-1-3-5-8/h20-21H,5-19H2,1-4H3,(H,25,26)(H,27,28);1-5H2,(H,9,10)(H,11,12). The first-order chi connectivity index (χ1) is 18.8. The largest absolute Gasteiger partial charge is 0.481 e. The Kier molecular flexibility index (Phi) is 19.6. The highest BCUT2D eigenvalue weighted by Crippen LogP contribution is 2.38. The third kappa shape index (κ3) is 15.6. The minimum atomic E-state index is -1.49. The normalized spacial score (nSPS) is 14.9. The van der Waals surface area contributed by atoms with E-state index in [9.17, 15) is 24.3 Å². The van der Waals surface area contributed by atoms with Gasteiger partial charge in [0.1, 0.15) is 0 Å². The summed E-state index contributed by atoms with van der Waals surface area (Å²) in [6.07, 6.45) is 16.6. The van der Waals surface area contributed by atoms with E-state index in [-0.39, 0.29) is 19.3 Å². The maximum absolute atomic E-state index is 12.2. The average Bonchev–Trinajstić information content (AvgIpc) is 2.87. The first-order valence-electron chi connectivity index (χ1n) is 15.7. The molecule has 0 aliphatic heterocycles. The SMILES string of the molecule is CC(C)CCCCCCC(CCCCCCC(C)C)(CCCC(=O)O)C(=O)O.O=C(O)C1(C(=O)O)CCCCC1. The molecular weight excluding hydrogens is 512 g/mol. The summed E-state index contributed by atoms with van der Waals surface area (Å²) < 4.78 is 0. The van der Waals surface area contributed by atoms with E-state index >= 15 is 0 Å². The molecule has 0 aromatic rings. The van der Waals surface area contributed by atoms with Crippen LogP contribution in [-0.4, -0.2) is 44.3 Å². The van der Waals surface area contributed by atoms with Crippen LogP contribution in [0.3, 0.4) is 0 Å². The zero-order chi connectivity index (χ0) is 30.6. The number of carbonyl (C=O) groups is 4. The molecule has 0 amide bonds. The number of hydrogen-bond acceptors (Lipinski definition) is 4. The van der Waals surface area contributed by atoms with E-state index < -0.39 is 34.7 Å². The molecule has 1 aliphatic rings. The number of unbranched alkanes of at least 4 members (excludes halogenated alkanes) is 6. The number of carboxylic acid groups (broad SMARTS) is 4. The van der Waals surface area contributed by atoms with Gasteiger partial charge in [0.25, 0.3) is 0 Å². The second-order valence-corrected chi connectivity index (χ2v) is 12.8. The van der Waals surface area contributed by atoms with Gasteiger partial charge in [0, 0.05) is 6.42 Å². The molecule has 0 aromatic heterocycles. The van der Waals surface area contributed by atoms with Crippen LogP contribution < -0.4 is 0 Å². The van der Waals surface area contributed by atoms with Gasteiger partial charge < -0.3 is 20.4 Å². The molecule has 1 aliphatic carbocycles. The molecule has 0 saturated heterocycles. The lowest BCUT2D eigenvalue weighted by atomic mass is 9.74. The molecule has 1 fully saturated rings. The van der Waals surface area contributed by atoms with E-state index in [0.717, 1.165) is 56.8 Å². The van der Waals surface area contributed by atoms with Crippen molar-refractivity contribution in [1.29, 1.82) is 0 Å². The molecule has 4 N–H and O–H groups in total. The lowest BCUT2D eigenvalue weighted by Gasteiger charge is -2.30. The molecule has 8 nitrogen and oxygen atoms in total. The van der Waals surface area contributed by atoms with Crippen LogP contribution in [0.15, 0.2) is 0 Å². The highest BCUT2D eigenvalue weighted by Gasteiger charge is 2.46. The summed E-state index contributed by atoms with van der Waals surface area (Å²) >= 11 is 0. The van der Waals surface area contributed by atoms with Gasteiger partial charge in [-0.2, -0.15) is 0 Å². The van der Waals surface area contributed by atoms with Crippen molar-refractivity contribution in [2.45, 2.75) is 156 Å². The molecule has 8 heteroatoms. The van der Waals surface area contributed by atoms with E-state index in [2.05, 4.69) is 27.7 Å². The molecule has 0 atom stereocenters. The fourth-order valence-electron chi connectivity index (χ4n) is 5.69. The number of carboxylic acids is 4. The van der Waals surface area contributed by atoms with E-state index in [4.69, 9.17) is 15.3 Å². The molecule has 0 heterocycles. The molecule has 234 valence electrons. The Morgan fingerprint density at radius 3 is 1.32 bits per heavy atom. The fraction of sp³-hybridized carbons (Fsp3) is 0.875. The van der Waals surface area contributed by atoms with Gasteiger partial charge in [-0.3, -0.25) is 19.2 Å². The van der Waals surface area contributed by atoms with Crippen LogP contribution >= 0.6 is 0 Å². The summed E-state index contributed by atoms with van der Waals surface area (Å²) in [7, 11) is 0. The predicted octanol–water partition coefficient (Wildman–Crippen LogP) is 8.41. The van der Waals surface area contributed by atoms with E-state index in [1.807, 2.05) is 0 Å². The van der Waals surface area contributed by atoms with E-state index in [1.54, 1.807) is 0 Å². The summed E-state index contributed by atoms with van der Waals surface area (Å²) in [6, 6.07) is 0. The van der Waals surface area contributed by atoms with Crippen LogP contribution in [0.2, 0.25) is 0 Å². The summed E-state index contributed by atoms with van der Waals surface area (Å²) in [6.45, 7) is 8.94. The molecular formula is C32H58O8. The van der Waals surface area contributed by atoms with Crippen LogP contribution in [0.1, 0.15) is 156 Å². The minimum absolute atomic E-state index is 0.0673. The predicted molar refractivity (Wildman–Crippen MR) is 157 cm³/mol. The van der Waals surface area contributed by atoms with Crippen LogP contribution in [-0.2, 0) is 19.2 Å². The van der Waals surface area contributed by atoms with Crippen molar-refractivity contribution in [3.8, 4) is 0 Å². The number of rotatable bonds is 21. The number of hydrogen-bond donors (Lipinski definition) is 4. The van der Waals surface area contributed by atoms with Gasteiger partial charge in [-0.05, 0) is 50.4 Å². The summed E-state index contributed by atoms with van der Waals surface area (Å²) in [5.74, 6) is -2.47. The molecule has 0 unspecified atom stereocenters. The van der Waals surface area contributed by atoms with Crippen molar-refractivity contribution in [1.82, 2.24) is 0 Å². The quantitative estimate of drug-likeness (QED) is 0.0793. The molecule has 1 saturated carbocycles. The second-order valence-electron chi connectivity index (χ2n) is 12.8. The Balaban J connectivity index is 0.00000104. The van der Waals surface area contributed by atoms with Crippen molar-refractivity contribution < 1.29 is 39.6 Å². The van der Waals surface area contributed by atoms with Crippen molar-refractivity contribution >= 4 is 23.9 Å². The van der Waals surface area contributed by atoms with Crippen LogP contribution in [0.4, 0.5) is 0 Å². The van der Waals surface area contributed by atoms with Gasteiger partial charge in [0.15, 0.2) is 5.41 Å². The third-order valence-electron chi connectivity index (χ3n) is 8.40. The Hall–Kier alpha value is -2.12. The van der Waals surface area contributed by atoms with Gasteiger partial charge >= 0.3 is 23.9 Å². The van der Waals surface area contributed by atoms with Gasteiger partial charge in [0.2, 0.25) is 0 Å². The maximum Gasteiger partial charge on any atom is 0.321 e. The van der Waals surface area contributed by atoms with Gasteiger partial charge in [0.05, 0.1) is 5.41 Å². The molecule has 40 heavy (non-hydrogen) atoms. The number of aliphatic carboxylic acids is 4. The van der Waals surface area contributed by atoms with Crippen molar-refractivity contribution in [3.05, 3.63) is 0 Å². The smallest absolute Gasteiger partial charge is 0.321 e. The lowest BCUT2D eigenvalue weighted by molar-refractivity contribution is -0.167. The van der Waals surface area contributed by atoms with Crippen LogP contribution in [0.5, 0.6) is 0 Å². The monoisotopic (exact) mass is 570 g/mol. The van der Waals surface area contributed by atoms with Gasteiger partial charge in [-0.15, -0.1) is 0 Å². The molecule has 0 radical (unpaired) electrons. The molecule has 0 bridgehead atoms. The fourth-order valence-corrected chi connectivity index (χ4v) is 5.69. The Bertz CT molecular complexity index is 701. The second kappa shape index (κ2) is 20.7. The average molecular weight is 571 g/mol. The first kappa shape index (κ1) is 37.9. The summed E-state index contributed by atoms with van der Waals surface area (Å²) in [4.78, 5) is 44.5. The minimum Gasteiger partial charge on any atom is -0.481 e. The molecule has 1 rings (SSSR count). The Labute approximate surface area is 242 Å². The topological polar surface area (TPSA) is 149 Å². The molecule has 0 spiro atoms. The molecule has 0 aromatic carbocycles. The summed E-state index contributed by atoms with van der Waals surface area (Å²) in [5, 5.41) is 36.5. The maximum atomic E-state index is 12.2. The summed E-state index contributed by atoms with van der Waals surface area (Å²) in [5.41, 5.74) is -2.22. The van der Waals surface area contributed by atoms with Crippen molar-refractivity contribution in [2.24, 2.45) is 22.7 Å². The first-order valence-corrected chi connectivity index (χ1v) is 15.7. The Morgan fingerprint density at radius 2 is 1.00 bits per heavy atom. The zero-order valence-corrected chi connectivity index (χ0v) is 25.7. The van der Waals surface area contributed by atoms with Crippen LogP contribution in [0, 0.1) is 22.7 Å².